The number of hydrogen-bond donors (Lipinski definition) is 0. The smallest absolute Gasteiger partial charge is 0.259 e. The summed E-state index contributed by atoms with van der Waals surface area (Å²) < 4.78 is 11.0. The fraction of sp³-hybridized carbons (Fsp3) is 0.0588. The van der Waals surface area contributed by atoms with E-state index >= 15 is 0 Å². The number of rotatable bonds is 2. The third kappa shape index (κ3) is 2.27. The van der Waals surface area contributed by atoms with Gasteiger partial charge in [0.2, 0.25) is 5.82 Å². The van der Waals surface area contributed by atoms with Gasteiger partial charge in [0.15, 0.2) is 0 Å². The zero-order valence-electron chi connectivity index (χ0n) is 11.5. The van der Waals surface area contributed by atoms with Gasteiger partial charge >= 0.3 is 0 Å². The third-order valence-corrected chi connectivity index (χ3v) is 3.78. The zero-order chi connectivity index (χ0) is 14.9. The van der Waals surface area contributed by atoms with Crippen LogP contribution in [0.1, 0.15) is 11.4 Å². The Morgan fingerprint density at radius 3 is 2.73 bits per heavy atom. The molecule has 0 bridgehead atoms. The van der Waals surface area contributed by atoms with Crippen molar-refractivity contribution in [3.63, 3.8) is 0 Å². The highest BCUT2D eigenvalue weighted by atomic mass is 35.5. The fourth-order valence-corrected chi connectivity index (χ4v) is 2.56. The Labute approximate surface area is 132 Å². The largest absolute Gasteiger partial charge is 0.488 e. The molecular formula is C17H11ClN2O2. The summed E-state index contributed by atoms with van der Waals surface area (Å²) >= 11 is 6.15. The predicted octanol–water partition coefficient (Wildman–Crippen LogP) is 4.32. The highest BCUT2D eigenvalue weighted by Gasteiger charge is 2.18. The highest BCUT2D eigenvalue weighted by molar-refractivity contribution is 6.33. The van der Waals surface area contributed by atoms with E-state index in [4.69, 9.17) is 20.9 Å². The van der Waals surface area contributed by atoms with E-state index < -0.39 is 0 Å². The van der Waals surface area contributed by atoms with Crippen LogP contribution in [0.25, 0.3) is 23.1 Å². The molecular weight excluding hydrogens is 300 g/mol. The van der Waals surface area contributed by atoms with E-state index in [2.05, 4.69) is 10.1 Å². The van der Waals surface area contributed by atoms with Crippen LogP contribution in [0.4, 0.5) is 0 Å². The van der Waals surface area contributed by atoms with Crippen molar-refractivity contribution < 1.29 is 9.26 Å². The molecule has 1 aliphatic rings. The van der Waals surface area contributed by atoms with Gasteiger partial charge < -0.3 is 9.26 Å². The molecule has 22 heavy (non-hydrogen) atoms. The van der Waals surface area contributed by atoms with Crippen molar-refractivity contribution in [3.05, 3.63) is 64.9 Å². The zero-order valence-corrected chi connectivity index (χ0v) is 12.2. The second-order valence-electron chi connectivity index (χ2n) is 4.90. The molecule has 0 saturated heterocycles. The minimum absolute atomic E-state index is 0.403. The molecule has 0 atom stereocenters. The monoisotopic (exact) mass is 310 g/mol. The number of hydrogen-bond acceptors (Lipinski definition) is 4. The Morgan fingerprint density at radius 1 is 1.00 bits per heavy atom. The van der Waals surface area contributed by atoms with Crippen LogP contribution in [-0.2, 0) is 0 Å². The molecule has 0 radical (unpaired) electrons. The first-order chi connectivity index (χ1) is 10.8. The molecule has 5 heteroatoms. The van der Waals surface area contributed by atoms with Crippen LogP contribution in [0.15, 0.2) is 53.1 Å². The quantitative estimate of drug-likeness (QED) is 0.707. The first-order valence-corrected chi connectivity index (χ1v) is 7.20. The molecule has 1 aliphatic heterocycles. The Morgan fingerprint density at radius 2 is 1.82 bits per heavy atom. The SMILES string of the molecule is Clc1ccccc1-c1nc(C2=Cc3ccccc3OC2)no1. The van der Waals surface area contributed by atoms with Crippen molar-refractivity contribution in [3.8, 4) is 17.2 Å². The average molecular weight is 311 g/mol. The molecule has 2 heterocycles. The standard InChI is InChI=1S/C17H11ClN2O2/c18-14-7-3-2-6-13(14)17-19-16(20-22-17)12-9-11-5-1-4-8-15(11)21-10-12/h1-9H,10H2. The van der Waals surface area contributed by atoms with E-state index in [9.17, 15) is 0 Å². The predicted molar refractivity (Wildman–Crippen MR) is 84.6 cm³/mol. The summed E-state index contributed by atoms with van der Waals surface area (Å²) in [6.07, 6.45) is 2.01. The van der Waals surface area contributed by atoms with E-state index in [1.807, 2.05) is 48.5 Å². The lowest BCUT2D eigenvalue weighted by molar-refractivity contribution is 0.363. The molecule has 0 unspecified atom stereocenters. The van der Waals surface area contributed by atoms with Gasteiger partial charge in [-0.15, -0.1) is 0 Å². The molecule has 3 aromatic rings. The van der Waals surface area contributed by atoms with Gasteiger partial charge in [-0.05, 0) is 24.3 Å². The Bertz CT molecular complexity index is 870. The molecule has 0 aliphatic carbocycles. The number of fused-ring (bicyclic) bond motifs is 1. The van der Waals surface area contributed by atoms with E-state index in [0.717, 1.165) is 22.4 Å². The van der Waals surface area contributed by atoms with E-state index in [1.165, 1.54) is 0 Å². The number of ether oxygens (including phenoxy) is 1. The molecule has 108 valence electrons. The van der Waals surface area contributed by atoms with Crippen molar-refractivity contribution in [2.45, 2.75) is 0 Å². The van der Waals surface area contributed by atoms with E-state index in [-0.39, 0.29) is 0 Å². The summed E-state index contributed by atoms with van der Waals surface area (Å²) in [6.45, 7) is 0.415. The van der Waals surface area contributed by atoms with Crippen LogP contribution in [0.3, 0.4) is 0 Å². The summed E-state index contributed by atoms with van der Waals surface area (Å²) in [4.78, 5) is 4.43. The lowest BCUT2D eigenvalue weighted by atomic mass is 10.1. The lowest BCUT2D eigenvalue weighted by Gasteiger charge is -2.15. The molecule has 2 aromatic carbocycles. The maximum absolute atomic E-state index is 6.15. The highest BCUT2D eigenvalue weighted by Crippen LogP contribution is 2.31. The van der Waals surface area contributed by atoms with Crippen LogP contribution in [0.5, 0.6) is 5.75 Å². The van der Waals surface area contributed by atoms with Crippen LogP contribution in [0.2, 0.25) is 5.02 Å². The van der Waals surface area contributed by atoms with E-state index in [0.29, 0.717) is 23.3 Å². The molecule has 0 spiro atoms. The van der Waals surface area contributed by atoms with Crippen LogP contribution >= 0.6 is 11.6 Å². The summed E-state index contributed by atoms with van der Waals surface area (Å²) in [5.41, 5.74) is 2.61. The number of benzene rings is 2. The Balaban J connectivity index is 1.71. The summed E-state index contributed by atoms with van der Waals surface area (Å²) in [5, 5.41) is 4.62. The minimum Gasteiger partial charge on any atom is -0.488 e. The van der Waals surface area contributed by atoms with Gasteiger partial charge in [-0.3, -0.25) is 0 Å². The topological polar surface area (TPSA) is 48.2 Å². The first-order valence-electron chi connectivity index (χ1n) is 6.82. The molecule has 0 fully saturated rings. The molecule has 0 N–H and O–H groups in total. The Kier molecular flexibility index (Phi) is 3.16. The number of nitrogens with zero attached hydrogens (tertiary/aromatic N) is 2. The molecule has 1 aromatic heterocycles. The maximum Gasteiger partial charge on any atom is 0.259 e. The van der Waals surface area contributed by atoms with Gasteiger partial charge in [0.25, 0.3) is 5.89 Å². The fourth-order valence-electron chi connectivity index (χ4n) is 2.34. The first kappa shape index (κ1) is 13.1. The second-order valence-corrected chi connectivity index (χ2v) is 5.31. The van der Waals surface area contributed by atoms with Crippen LogP contribution < -0.4 is 4.74 Å². The van der Waals surface area contributed by atoms with Gasteiger partial charge in [0, 0.05) is 11.1 Å². The summed E-state index contributed by atoms with van der Waals surface area (Å²) in [5.74, 6) is 1.78. The number of aromatic nitrogens is 2. The summed E-state index contributed by atoms with van der Waals surface area (Å²) in [6, 6.07) is 15.2. The van der Waals surface area contributed by atoms with Gasteiger partial charge in [0.05, 0.1) is 10.6 Å². The normalized spacial score (nSPS) is 13.2. The van der Waals surface area contributed by atoms with Crippen LogP contribution in [0, 0.1) is 0 Å². The third-order valence-electron chi connectivity index (χ3n) is 3.45. The lowest BCUT2D eigenvalue weighted by Crippen LogP contribution is -2.07. The van der Waals surface area contributed by atoms with Crippen molar-refractivity contribution in [2.24, 2.45) is 0 Å². The van der Waals surface area contributed by atoms with Crippen molar-refractivity contribution >= 4 is 23.3 Å². The van der Waals surface area contributed by atoms with Crippen molar-refractivity contribution in [1.82, 2.24) is 10.1 Å². The van der Waals surface area contributed by atoms with Gasteiger partial charge in [0.1, 0.15) is 12.4 Å². The van der Waals surface area contributed by atoms with Gasteiger partial charge in [-0.2, -0.15) is 4.98 Å². The molecule has 0 amide bonds. The van der Waals surface area contributed by atoms with Crippen molar-refractivity contribution in [1.29, 1.82) is 0 Å². The second kappa shape index (κ2) is 5.31. The van der Waals surface area contributed by atoms with Gasteiger partial charge in [-0.1, -0.05) is 47.1 Å². The van der Waals surface area contributed by atoms with E-state index in [1.54, 1.807) is 6.07 Å². The molecule has 0 saturated carbocycles. The Hall–Kier alpha value is -2.59. The van der Waals surface area contributed by atoms with Crippen molar-refractivity contribution in [2.75, 3.05) is 6.61 Å². The minimum atomic E-state index is 0.403. The van der Waals surface area contributed by atoms with Crippen LogP contribution in [-0.4, -0.2) is 16.7 Å². The molecule has 4 rings (SSSR count). The average Bonchev–Trinajstić information content (AvgIpc) is 3.04. The number of halogens is 1. The van der Waals surface area contributed by atoms with Gasteiger partial charge in [-0.25, -0.2) is 0 Å². The summed E-state index contributed by atoms with van der Waals surface area (Å²) in [7, 11) is 0. The number of para-hydroxylation sites is 1. The maximum atomic E-state index is 6.15. The molecule has 4 nitrogen and oxygen atoms in total.